The fourth-order valence-electron chi connectivity index (χ4n) is 3.95. The molecule has 10 nitrogen and oxygen atoms in total. The summed E-state index contributed by atoms with van der Waals surface area (Å²) in [5, 5.41) is 8.57. The predicted octanol–water partition coefficient (Wildman–Crippen LogP) is 3.68. The van der Waals surface area contributed by atoms with Crippen LogP contribution in [0.1, 0.15) is 21.5 Å². The molecule has 190 valence electrons. The molecule has 2 aromatic heterocycles. The van der Waals surface area contributed by atoms with E-state index in [0.29, 0.717) is 17.2 Å². The molecule has 0 radical (unpaired) electrons. The maximum atomic E-state index is 12.9. The first-order chi connectivity index (χ1) is 18.4. The highest BCUT2D eigenvalue weighted by Gasteiger charge is 2.11. The lowest BCUT2D eigenvalue weighted by atomic mass is 10.1. The topological polar surface area (TPSA) is 127 Å². The highest BCUT2D eigenvalue weighted by Crippen LogP contribution is 2.25. The molecule has 0 atom stereocenters. The minimum Gasteiger partial charge on any atom is -0.324 e. The summed E-state index contributed by atoms with van der Waals surface area (Å²) >= 11 is 0. The van der Waals surface area contributed by atoms with Crippen LogP contribution in [0.4, 0.5) is 17.3 Å². The predicted molar refractivity (Wildman–Crippen MR) is 146 cm³/mol. The fourth-order valence-corrected chi connectivity index (χ4v) is 3.95. The van der Waals surface area contributed by atoms with E-state index in [4.69, 9.17) is 0 Å². The number of benzene rings is 3. The first-order valence-electron chi connectivity index (χ1n) is 11.9. The number of hydrogen-bond donors (Lipinski definition) is 3. The quantitative estimate of drug-likeness (QED) is 0.308. The van der Waals surface area contributed by atoms with E-state index in [1.165, 1.54) is 7.05 Å². The first-order valence-corrected chi connectivity index (χ1v) is 11.9. The molecule has 5 rings (SSSR count). The van der Waals surface area contributed by atoms with E-state index in [0.717, 1.165) is 37.3 Å². The summed E-state index contributed by atoms with van der Waals surface area (Å²) in [7, 11) is 1.48. The second kappa shape index (κ2) is 10.4. The van der Waals surface area contributed by atoms with E-state index < -0.39 is 11.4 Å². The van der Waals surface area contributed by atoms with E-state index in [-0.39, 0.29) is 12.5 Å². The Bertz CT molecular complexity index is 1720. The summed E-state index contributed by atoms with van der Waals surface area (Å²) in [4.78, 5) is 45.8. The monoisotopic (exact) mass is 507 g/mol. The van der Waals surface area contributed by atoms with Crippen LogP contribution in [-0.4, -0.2) is 30.2 Å². The van der Waals surface area contributed by atoms with Crippen molar-refractivity contribution in [3.05, 3.63) is 123 Å². The fraction of sp³-hybridized carbons (Fsp3) is 0.107. The molecule has 0 saturated carbocycles. The Morgan fingerprint density at radius 2 is 1.74 bits per heavy atom. The molecule has 10 heteroatoms. The second-order valence-corrected chi connectivity index (χ2v) is 8.78. The molecule has 38 heavy (non-hydrogen) atoms. The maximum absolute atomic E-state index is 12.9. The van der Waals surface area contributed by atoms with Gasteiger partial charge in [0.2, 0.25) is 5.95 Å². The molecule has 0 aliphatic rings. The second-order valence-electron chi connectivity index (χ2n) is 8.78. The third kappa shape index (κ3) is 5.29. The van der Waals surface area contributed by atoms with Crippen molar-refractivity contribution in [3.63, 3.8) is 0 Å². The molecule has 0 saturated heterocycles. The van der Waals surface area contributed by atoms with Gasteiger partial charge in [-0.15, -0.1) is 0 Å². The summed E-state index contributed by atoms with van der Waals surface area (Å²) < 4.78 is 2.22. The van der Waals surface area contributed by atoms with Crippen molar-refractivity contribution in [2.45, 2.75) is 13.5 Å². The largest absolute Gasteiger partial charge is 0.346 e. The van der Waals surface area contributed by atoms with Crippen LogP contribution < -0.4 is 22.0 Å². The molecule has 5 aromatic rings. The van der Waals surface area contributed by atoms with E-state index >= 15 is 0 Å². The first kappa shape index (κ1) is 24.4. The van der Waals surface area contributed by atoms with E-state index in [9.17, 15) is 14.4 Å². The van der Waals surface area contributed by atoms with Crippen LogP contribution >= 0.6 is 0 Å². The lowest BCUT2D eigenvalue weighted by Gasteiger charge is -2.12. The summed E-state index contributed by atoms with van der Waals surface area (Å²) in [6.45, 7) is 2.06. The number of H-pyrrole nitrogens is 1. The summed E-state index contributed by atoms with van der Waals surface area (Å²) in [6, 6.07) is 24.0. The molecule has 3 N–H and O–H groups in total. The van der Waals surface area contributed by atoms with Gasteiger partial charge in [0.15, 0.2) is 0 Å². The zero-order chi connectivity index (χ0) is 26.6. The minimum atomic E-state index is -0.486. The van der Waals surface area contributed by atoms with Crippen LogP contribution in [-0.2, 0) is 13.6 Å². The van der Waals surface area contributed by atoms with Crippen LogP contribution in [0.5, 0.6) is 0 Å². The zero-order valence-electron chi connectivity index (χ0n) is 20.8. The Morgan fingerprint density at radius 3 is 2.45 bits per heavy atom. The number of rotatable bonds is 7. The third-order valence-electron chi connectivity index (χ3n) is 6.05. The number of nitrogens with zero attached hydrogens (tertiary/aromatic N) is 4. The molecule has 0 bridgehead atoms. The number of amides is 1. The SMILES string of the molecule is Cc1ccc(NC(=O)c2ccc(Cn3c(=O)[nH]n(C)c3=O)cc2)cc1Nc1nccc(-c2ccccc2)n1. The van der Waals surface area contributed by atoms with Gasteiger partial charge in [0.1, 0.15) is 0 Å². The van der Waals surface area contributed by atoms with Gasteiger partial charge >= 0.3 is 11.4 Å². The Balaban J connectivity index is 1.29. The van der Waals surface area contributed by atoms with Crippen molar-refractivity contribution in [2.75, 3.05) is 10.6 Å². The number of aryl methyl sites for hydroxylation is 2. The molecular weight excluding hydrogens is 482 g/mol. The van der Waals surface area contributed by atoms with Crippen LogP contribution in [0.3, 0.4) is 0 Å². The van der Waals surface area contributed by atoms with Crippen molar-refractivity contribution < 1.29 is 4.79 Å². The van der Waals surface area contributed by atoms with Crippen molar-refractivity contribution in [2.24, 2.45) is 7.05 Å². The lowest BCUT2D eigenvalue weighted by Crippen LogP contribution is -2.28. The Morgan fingerprint density at radius 1 is 0.974 bits per heavy atom. The molecule has 1 amide bonds. The van der Waals surface area contributed by atoms with Crippen LogP contribution in [0.15, 0.2) is 94.6 Å². The molecular formula is C28H25N7O3. The molecule has 0 fully saturated rings. The van der Waals surface area contributed by atoms with Crippen molar-refractivity contribution in [3.8, 4) is 11.3 Å². The van der Waals surface area contributed by atoms with Gasteiger partial charge in [-0.25, -0.2) is 33.9 Å². The number of anilines is 3. The molecule has 0 spiro atoms. The van der Waals surface area contributed by atoms with Crippen LogP contribution in [0, 0.1) is 6.92 Å². The molecule has 3 aromatic carbocycles. The van der Waals surface area contributed by atoms with E-state index in [1.807, 2.05) is 61.5 Å². The smallest absolute Gasteiger partial charge is 0.324 e. The van der Waals surface area contributed by atoms with Crippen LogP contribution in [0.25, 0.3) is 11.3 Å². The molecule has 0 aliphatic carbocycles. The van der Waals surface area contributed by atoms with Crippen molar-refractivity contribution >= 4 is 23.2 Å². The third-order valence-corrected chi connectivity index (χ3v) is 6.05. The molecule has 0 aliphatic heterocycles. The Kier molecular flexibility index (Phi) is 6.68. The number of carbonyl (C=O) groups is 1. The van der Waals surface area contributed by atoms with Gasteiger partial charge in [-0.05, 0) is 48.4 Å². The van der Waals surface area contributed by atoms with E-state index in [2.05, 4.69) is 25.7 Å². The molecule has 2 heterocycles. The maximum Gasteiger partial charge on any atom is 0.346 e. The highest BCUT2D eigenvalue weighted by atomic mass is 16.2. The Labute approximate surface area is 217 Å². The summed E-state index contributed by atoms with van der Waals surface area (Å²) in [5.74, 6) is 0.160. The van der Waals surface area contributed by atoms with Gasteiger partial charge in [0.05, 0.1) is 12.2 Å². The average Bonchev–Trinajstić information content (AvgIpc) is 3.17. The van der Waals surface area contributed by atoms with Gasteiger partial charge < -0.3 is 10.6 Å². The van der Waals surface area contributed by atoms with Gasteiger partial charge in [-0.3, -0.25) is 4.79 Å². The highest BCUT2D eigenvalue weighted by molar-refractivity contribution is 6.04. The van der Waals surface area contributed by atoms with Gasteiger partial charge in [-0.1, -0.05) is 48.5 Å². The normalized spacial score (nSPS) is 10.8. The number of hydrogen-bond acceptors (Lipinski definition) is 6. The number of aromatic amines is 1. The molecule has 0 unspecified atom stereocenters. The van der Waals surface area contributed by atoms with Gasteiger partial charge in [0.25, 0.3) is 5.91 Å². The number of carbonyl (C=O) groups excluding carboxylic acids is 1. The standard InChI is InChI=1S/C28H25N7O3/c1-18-8-13-22(16-24(18)32-26-29-15-14-23(31-26)20-6-4-3-5-7-20)30-25(36)21-11-9-19(10-12-21)17-35-27(37)33-34(2)28(35)38/h3-16H,17H2,1-2H3,(H,30,36)(H,33,37)(H,29,31,32). The lowest BCUT2D eigenvalue weighted by molar-refractivity contribution is 0.102. The number of nitrogens with one attached hydrogen (secondary N) is 3. The van der Waals surface area contributed by atoms with Crippen molar-refractivity contribution in [1.29, 1.82) is 0 Å². The Hall–Kier alpha value is -5.25. The summed E-state index contributed by atoms with van der Waals surface area (Å²) in [5.41, 5.74) is 4.37. The van der Waals surface area contributed by atoms with Crippen molar-refractivity contribution in [1.82, 2.24) is 24.3 Å². The van der Waals surface area contributed by atoms with E-state index in [1.54, 1.807) is 30.5 Å². The number of aromatic nitrogens is 5. The summed E-state index contributed by atoms with van der Waals surface area (Å²) in [6.07, 6.45) is 1.70. The van der Waals surface area contributed by atoms with Gasteiger partial charge in [-0.2, -0.15) is 0 Å². The van der Waals surface area contributed by atoms with Gasteiger partial charge in [0, 0.05) is 35.7 Å². The minimum absolute atomic E-state index is 0.109. The van der Waals surface area contributed by atoms with Crippen LogP contribution in [0.2, 0.25) is 0 Å². The zero-order valence-corrected chi connectivity index (χ0v) is 20.8. The average molecular weight is 508 g/mol.